The van der Waals surface area contributed by atoms with Crippen LogP contribution in [0, 0.1) is 18.6 Å². The molecule has 0 spiro atoms. The average Bonchev–Trinajstić information content (AvgIpc) is 2.47. The number of thioether (sulfide) groups is 1. The quantitative estimate of drug-likeness (QED) is 0.510. The molecule has 1 amide bonds. The highest BCUT2D eigenvalue weighted by molar-refractivity contribution is 7.99. The molecule has 0 fully saturated rings. The number of aromatic nitrogens is 2. The third kappa shape index (κ3) is 4.88. The number of alkyl halides is 3. The third-order valence-corrected chi connectivity index (χ3v) is 3.51. The second kappa shape index (κ2) is 7.12. The fourth-order valence-electron chi connectivity index (χ4n) is 1.66. The highest BCUT2D eigenvalue weighted by Crippen LogP contribution is 2.29. The van der Waals surface area contributed by atoms with Gasteiger partial charge in [-0.2, -0.15) is 13.2 Å². The molecule has 0 bridgehead atoms. The van der Waals surface area contributed by atoms with Gasteiger partial charge < -0.3 is 5.32 Å². The van der Waals surface area contributed by atoms with E-state index < -0.39 is 29.4 Å². The highest BCUT2D eigenvalue weighted by atomic mass is 32.2. The van der Waals surface area contributed by atoms with Crippen LogP contribution < -0.4 is 5.32 Å². The Balaban J connectivity index is 2.02. The topological polar surface area (TPSA) is 54.9 Å². The number of halogens is 5. The summed E-state index contributed by atoms with van der Waals surface area (Å²) in [5.74, 6) is -2.78. The molecule has 128 valence electrons. The molecule has 0 atom stereocenters. The van der Waals surface area contributed by atoms with Crippen molar-refractivity contribution in [2.24, 2.45) is 0 Å². The Kier molecular flexibility index (Phi) is 5.37. The minimum Gasteiger partial charge on any atom is -0.323 e. The average molecular weight is 363 g/mol. The lowest BCUT2D eigenvalue weighted by molar-refractivity contribution is -0.141. The van der Waals surface area contributed by atoms with Crippen molar-refractivity contribution in [3.63, 3.8) is 0 Å². The number of hydrogen-bond donors (Lipinski definition) is 1. The zero-order valence-corrected chi connectivity index (χ0v) is 12.9. The predicted octanol–water partition coefficient (Wildman–Crippen LogP) is 3.81. The van der Waals surface area contributed by atoms with Gasteiger partial charge in [-0.25, -0.2) is 18.7 Å². The van der Waals surface area contributed by atoms with Crippen LogP contribution in [0.5, 0.6) is 0 Å². The summed E-state index contributed by atoms with van der Waals surface area (Å²) in [4.78, 5) is 18.9. The summed E-state index contributed by atoms with van der Waals surface area (Å²) in [6, 6.07) is 3.39. The summed E-state index contributed by atoms with van der Waals surface area (Å²) in [6.45, 7) is 1.37. The monoisotopic (exact) mass is 363 g/mol. The van der Waals surface area contributed by atoms with Crippen molar-refractivity contribution in [3.05, 3.63) is 47.3 Å². The van der Waals surface area contributed by atoms with E-state index in [4.69, 9.17) is 0 Å². The van der Waals surface area contributed by atoms with Crippen LogP contribution >= 0.6 is 11.8 Å². The highest BCUT2D eigenvalue weighted by Gasteiger charge is 2.33. The van der Waals surface area contributed by atoms with Crippen LogP contribution in [0.3, 0.4) is 0 Å². The second-order valence-electron chi connectivity index (χ2n) is 4.64. The fourth-order valence-corrected chi connectivity index (χ4v) is 2.36. The van der Waals surface area contributed by atoms with E-state index in [0.29, 0.717) is 17.8 Å². The number of carbonyl (C=O) groups is 1. The number of benzene rings is 1. The number of nitrogens with one attached hydrogen (secondary N) is 1. The van der Waals surface area contributed by atoms with Crippen LogP contribution in [-0.4, -0.2) is 21.6 Å². The largest absolute Gasteiger partial charge is 0.433 e. The van der Waals surface area contributed by atoms with Gasteiger partial charge in [-0.15, -0.1) is 0 Å². The first-order chi connectivity index (χ1) is 11.1. The molecule has 1 heterocycles. The van der Waals surface area contributed by atoms with Crippen LogP contribution in [0.15, 0.2) is 29.4 Å². The van der Waals surface area contributed by atoms with Gasteiger partial charge in [0.15, 0.2) is 5.16 Å². The smallest absolute Gasteiger partial charge is 0.323 e. The Morgan fingerprint density at radius 1 is 1.21 bits per heavy atom. The summed E-state index contributed by atoms with van der Waals surface area (Å²) in [6.07, 6.45) is -4.62. The van der Waals surface area contributed by atoms with Gasteiger partial charge in [-0.3, -0.25) is 4.79 Å². The first kappa shape index (κ1) is 18.1. The molecule has 0 saturated heterocycles. The molecule has 1 aromatic heterocycles. The van der Waals surface area contributed by atoms with Gasteiger partial charge in [0, 0.05) is 11.8 Å². The van der Waals surface area contributed by atoms with Crippen LogP contribution in [0.1, 0.15) is 11.4 Å². The van der Waals surface area contributed by atoms with Crippen LogP contribution in [0.25, 0.3) is 0 Å². The number of aryl methyl sites for hydroxylation is 1. The van der Waals surface area contributed by atoms with Crippen LogP contribution in [0.2, 0.25) is 0 Å². The van der Waals surface area contributed by atoms with E-state index in [1.165, 1.54) is 6.92 Å². The van der Waals surface area contributed by atoms with Crippen molar-refractivity contribution in [3.8, 4) is 0 Å². The number of carbonyl (C=O) groups excluding carboxylic acids is 1. The SMILES string of the molecule is Cc1cc(C(F)(F)F)nc(SCC(=O)Nc2ccc(F)cc2F)n1. The minimum absolute atomic E-state index is 0.102. The summed E-state index contributed by atoms with van der Waals surface area (Å²) in [5, 5.41) is 1.96. The summed E-state index contributed by atoms with van der Waals surface area (Å²) in [7, 11) is 0. The zero-order valence-electron chi connectivity index (χ0n) is 12.1. The van der Waals surface area contributed by atoms with E-state index in [9.17, 15) is 26.7 Å². The maximum absolute atomic E-state index is 13.4. The summed E-state index contributed by atoms with van der Waals surface area (Å²) >= 11 is 0.670. The first-order valence-corrected chi connectivity index (χ1v) is 7.44. The molecular formula is C14H10F5N3OS. The summed E-state index contributed by atoms with van der Waals surface area (Å²) < 4.78 is 64.1. The molecule has 0 aliphatic rings. The molecular weight excluding hydrogens is 353 g/mol. The van der Waals surface area contributed by atoms with E-state index in [-0.39, 0.29) is 22.3 Å². The van der Waals surface area contributed by atoms with E-state index in [1.54, 1.807) is 0 Å². The molecule has 0 aliphatic carbocycles. The molecule has 4 nitrogen and oxygen atoms in total. The first-order valence-electron chi connectivity index (χ1n) is 6.46. The number of hydrogen-bond acceptors (Lipinski definition) is 4. The van der Waals surface area contributed by atoms with Gasteiger partial charge >= 0.3 is 6.18 Å². The van der Waals surface area contributed by atoms with E-state index in [0.717, 1.165) is 18.2 Å². The van der Waals surface area contributed by atoms with Gasteiger partial charge in [-0.1, -0.05) is 11.8 Å². The van der Waals surface area contributed by atoms with Crippen molar-refractivity contribution < 1.29 is 26.7 Å². The lowest BCUT2D eigenvalue weighted by Gasteiger charge is -2.09. The Hall–Kier alpha value is -2.23. The number of nitrogens with zero attached hydrogens (tertiary/aromatic N) is 2. The van der Waals surface area contributed by atoms with Gasteiger partial charge in [0.2, 0.25) is 5.91 Å². The molecule has 24 heavy (non-hydrogen) atoms. The minimum atomic E-state index is -4.62. The van der Waals surface area contributed by atoms with Crippen molar-refractivity contribution in [2.75, 3.05) is 11.1 Å². The molecule has 1 aromatic carbocycles. The van der Waals surface area contributed by atoms with E-state index in [2.05, 4.69) is 15.3 Å². The standard InChI is InChI=1S/C14H10F5N3OS/c1-7-4-11(14(17,18)19)22-13(20-7)24-6-12(23)21-10-3-2-8(15)5-9(10)16/h2-5H,6H2,1H3,(H,21,23). The molecule has 0 saturated carbocycles. The van der Waals surface area contributed by atoms with Gasteiger partial charge in [-0.05, 0) is 25.1 Å². The molecule has 2 rings (SSSR count). The molecule has 0 unspecified atom stereocenters. The Labute approximate surface area is 137 Å². The van der Waals surface area contributed by atoms with E-state index in [1.807, 2.05) is 0 Å². The molecule has 1 N–H and O–H groups in total. The molecule has 0 aliphatic heterocycles. The van der Waals surface area contributed by atoms with E-state index >= 15 is 0 Å². The lowest BCUT2D eigenvalue weighted by Crippen LogP contribution is -2.16. The fraction of sp³-hybridized carbons (Fsp3) is 0.214. The van der Waals surface area contributed by atoms with Crippen molar-refractivity contribution >= 4 is 23.4 Å². The Morgan fingerprint density at radius 3 is 2.54 bits per heavy atom. The Bertz CT molecular complexity index is 767. The van der Waals surface area contributed by atoms with Crippen molar-refractivity contribution in [2.45, 2.75) is 18.3 Å². The zero-order chi connectivity index (χ0) is 17.9. The maximum atomic E-state index is 13.4. The van der Waals surface area contributed by atoms with Crippen molar-refractivity contribution in [1.29, 1.82) is 0 Å². The number of amides is 1. The predicted molar refractivity (Wildman–Crippen MR) is 77.5 cm³/mol. The third-order valence-electron chi connectivity index (χ3n) is 2.66. The Morgan fingerprint density at radius 2 is 1.92 bits per heavy atom. The number of rotatable bonds is 4. The molecule has 2 aromatic rings. The van der Waals surface area contributed by atoms with Crippen molar-refractivity contribution in [1.82, 2.24) is 9.97 Å². The van der Waals surface area contributed by atoms with Gasteiger partial charge in [0.1, 0.15) is 17.3 Å². The van der Waals surface area contributed by atoms with Crippen LogP contribution in [-0.2, 0) is 11.0 Å². The van der Waals surface area contributed by atoms with Crippen LogP contribution in [0.4, 0.5) is 27.6 Å². The second-order valence-corrected chi connectivity index (χ2v) is 5.58. The van der Waals surface area contributed by atoms with Gasteiger partial charge in [0.25, 0.3) is 0 Å². The maximum Gasteiger partial charge on any atom is 0.433 e. The molecule has 10 heteroatoms. The number of anilines is 1. The van der Waals surface area contributed by atoms with Gasteiger partial charge in [0.05, 0.1) is 11.4 Å². The normalized spacial score (nSPS) is 11.4. The summed E-state index contributed by atoms with van der Waals surface area (Å²) in [5.41, 5.74) is -1.24. The molecule has 0 radical (unpaired) electrons. The lowest BCUT2D eigenvalue weighted by atomic mass is 10.3.